The van der Waals surface area contributed by atoms with Gasteiger partial charge in [0.25, 0.3) is 5.19 Å². The van der Waals surface area contributed by atoms with Crippen LogP contribution in [-0.4, -0.2) is 18.1 Å². The van der Waals surface area contributed by atoms with Gasteiger partial charge in [-0.05, 0) is 6.92 Å². The monoisotopic (exact) mass is 200 g/mol. The van der Waals surface area contributed by atoms with Crippen molar-refractivity contribution in [1.82, 2.24) is 4.98 Å². The van der Waals surface area contributed by atoms with Gasteiger partial charge in [0, 0.05) is 17.3 Å². The number of hydrogen-bond donors (Lipinski definition) is 1. The van der Waals surface area contributed by atoms with Crippen LogP contribution >= 0.6 is 11.3 Å². The van der Waals surface area contributed by atoms with Gasteiger partial charge in [0.15, 0.2) is 0 Å². The summed E-state index contributed by atoms with van der Waals surface area (Å²) in [6, 6.07) is 0. The summed E-state index contributed by atoms with van der Waals surface area (Å²) >= 11 is 1.53. The molecule has 1 heterocycles. The zero-order valence-electron chi connectivity index (χ0n) is 8.33. The summed E-state index contributed by atoms with van der Waals surface area (Å²) in [4.78, 5) is 4.36. The summed E-state index contributed by atoms with van der Waals surface area (Å²) in [5, 5.41) is 2.75. The maximum Gasteiger partial charge on any atom is 0.273 e. The zero-order chi connectivity index (χ0) is 9.90. The summed E-state index contributed by atoms with van der Waals surface area (Å²) in [6.07, 6.45) is 0. The summed E-state index contributed by atoms with van der Waals surface area (Å²) in [7, 11) is 0. The Kier molecular flexibility index (Phi) is 3.27. The summed E-state index contributed by atoms with van der Waals surface area (Å²) < 4.78 is 5.29. The van der Waals surface area contributed by atoms with Crippen molar-refractivity contribution < 1.29 is 4.74 Å². The Balaban J connectivity index is 2.79. The molecule has 3 nitrogen and oxygen atoms in total. The molecule has 0 spiro atoms. The first-order valence-electron chi connectivity index (χ1n) is 4.39. The van der Waals surface area contributed by atoms with Gasteiger partial charge in [0.1, 0.15) is 0 Å². The molecule has 0 unspecified atom stereocenters. The van der Waals surface area contributed by atoms with Crippen molar-refractivity contribution in [3.8, 4) is 5.19 Å². The van der Waals surface area contributed by atoms with Gasteiger partial charge in [0.2, 0.25) is 0 Å². The predicted molar refractivity (Wildman–Crippen MR) is 55.4 cm³/mol. The SMILES string of the molecule is CCOc1nc(C(C)(C)CN)cs1. The maximum absolute atomic E-state index is 5.65. The molecule has 0 aliphatic carbocycles. The molecule has 0 bridgehead atoms. The smallest absolute Gasteiger partial charge is 0.273 e. The lowest BCUT2D eigenvalue weighted by Crippen LogP contribution is -2.28. The molecule has 1 rings (SSSR count). The van der Waals surface area contributed by atoms with Gasteiger partial charge in [0.05, 0.1) is 12.3 Å². The fraction of sp³-hybridized carbons (Fsp3) is 0.667. The number of rotatable bonds is 4. The lowest BCUT2D eigenvalue weighted by molar-refractivity contribution is 0.335. The molecule has 0 radical (unpaired) electrons. The van der Waals surface area contributed by atoms with Gasteiger partial charge in [-0.25, -0.2) is 4.98 Å². The summed E-state index contributed by atoms with van der Waals surface area (Å²) in [5.41, 5.74) is 6.61. The van der Waals surface area contributed by atoms with E-state index in [0.29, 0.717) is 13.2 Å². The molecule has 2 N–H and O–H groups in total. The van der Waals surface area contributed by atoms with Crippen LogP contribution in [0, 0.1) is 0 Å². The number of nitrogens with zero attached hydrogens (tertiary/aromatic N) is 1. The highest BCUT2D eigenvalue weighted by Crippen LogP contribution is 2.27. The number of ether oxygens (including phenoxy) is 1. The standard InChI is InChI=1S/C9H16N2OS/c1-4-12-8-11-7(5-13-8)9(2,3)6-10/h5H,4,6,10H2,1-3H3. The van der Waals surface area contributed by atoms with Crippen molar-refractivity contribution in [2.75, 3.05) is 13.2 Å². The van der Waals surface area contributed by atoms with Gasteiger partial charge >= 0.3 is 0 Å². The first-order chi connectivity index (χ1) is 6.10. The van der Waals surface area contributed by atoms with Crippen LogP contribution in [0.1, 0.15) is 26.5 Å². The lowest BCUT2D eigenvalue weighted by atomic mass is 9.91. The topological polar surface area (TPSA) is 48.1 Å². The number of hydrogen-bond acceptors (Lipinski definition) is 4. The molecule has 1 aromatic rings. The van der Waals surface area contributed by atoms with Crippen LogP contribution < -0.4 is 10.5 Å². The van der Waals surface area contributed by atoms with E-state index in [0.717, 1.165) is 10.9 Å². The fourth-order valence-corrected chi connectivity index (χ4v) is 1.78. The third-order valence-corrected chi connectivity index (χ3v) is 2.71. The van der Waals surface area contributed by atoms with Crippen LogP contribution in [0.15, 0.2) is 5.38 Å². The molecule has 0 aliphatic rings. The van der Waals surface area contributed by atoms with Crippen LogP contribution in [0.3, 0.4) is 0 Å². The number of thiazole rings is 1. The van der Waals surface area contributed by atoms with Crippen LogP contribution in [0.4, 0.5) is 0 Å². The minimum Gasteiger partial charge on any atom is -0.470 e. The summed E-state index contributed by atoms with van der Waals surface area (Å²) in [5.74, 6) is 0. The molecule has 0 atom stereocenters. The highest BCUT2D eigenvalue weighted by molar-refractivity contribution is 7.11. The molecule has 0 saturated carbocycles. The Morgan fingerprint density at radius 2 is 2.31 bits per heavy atom. The van der Waals surface area contributed by atoms with E-state index in [-0.39, 0.29) is 5.41 Å². The van der Waals surface area contributed by atoms with Crippen LogP contribution in [-0.2, 0) is 5.41 Å². The minimum absolute atomic E-state index is 0.0498. The number of aromatic nitrogens is 1. The average Bonchev–Trinajstić information content (AvgIpc) is 2.54. The molecule has 0 aromatic carbocycles. The van der Waals surface area contributed by atoms with Crippen molar-refractivity contribution in [3.05, 3.63) is 11.1 Å². The van der Waals surface area contributed by atoms with E-state index >= 15 is 0 Å². The highest BCUT2D eigenvalue weighted by Gasteiger charge is 2.21. The van der Waals surface area contributed by atoms with E-state index < -0.39 is 0 Å². The van der Waals surface area contributed by atoms with Crippen molar-refractivity contribution in [2.45, 2.75) is 26.2 Å². The Hall–Kier alpha value is -0.610. The minimum atomic E-state index is -0.0498. The maximum atomic E-state index is 5.65. The zero-order valence-corrected chi connectivity index (χ0v) is 9.15. The quantitative estimate of drug-likeness (QED) is 0.806. The van der Waals surface area contributed by atoms with Crippen molar-refractivity contribution in [3.63, 3.8) is 0 Å². The van der Waals surface area contributed by atoms with Crippen LogP contribution in [0.25, 0.3) is 0 Å². The second kappa shape index (κ2) is 4.07. The third kappa shape index (κ3) is 2.42. The lowest BCUT2D eigenvalue weighted by Gasteiger charge is -2.18. The van der Waals surface area contributed by atoms with E-state index in [9.17, 15) is 0 Å². The van der Waals surface area contributed by atoms with E-state index in [2.05, 4.69) is 18.8 Å². The molecule has 13 heavy (non-hydrogen) atoms. The molecular weight excluding hydrogens is 184 g/mol. The Labute approximate surface area is 82.9 Å². The molecular formula is C9H16N2OS. The van der Waals surface area contributed by atoms with Crippen LogP contribution in [0.5, 0.6) is 5.19 Å². The van der Waals surface area contributed by atoms with Gasteiger partial charge in [-0.2, -0.15) is 0 Å². The van der Waals surface area contributed by atoms with Gasteiger partial charge < -0.3 is 10.5 Å². The second-order valence-corrected chi connectivity index (χ2v) is 4.34. The average molecular weight is 200 g/mol. The largest absolute Gasteiger partial charge is 0.470 e. The normalized spacial score (nSPS) is 11.7. The molecule has 0 aliphatic heterocycles. The molecule has 0 saturated heterocycles. The third-order valence-electron chi connectivity index (χ3n) is 1.95. The first kappa shape index (κ1) is 10.5. The van der Waals surface area contributed by atoms with E-state index in [1.165, 1.54) is 11.3 Å². The highest BCUT2D eigenvalue weighted by atomic mass is 32.1. The van der Waals surface area contributed by atoms with Gasteiger partial charge in [-0.1, -0.05) is 25.2 Å². The first-order valence-corrected chi connectivity index (χ1v) is 5.27. The van der Waals surface area contributed by atoms with Crippen molar-refractivity contribution in [2.24, 2.45) is 5.73 Å². The Morgan fingerprint density at radius 1 is 1.62 bits per heavy atom. The molecule has 1 aromatic heterocycles. The molecule has 74 valence electrons. The summed E-state index contributed by atoms with van der Waals surface area (Å²) in [6.45, 7) is 7.38. The van der Waals surface area contributed by atoms with E-state index in [1.807, 2.05) is 12.3 Å². The number of nitrogens with two attached hydrogens (primary N) is 1. The van der Waals surface area contributed by atoms with Crippen molar-refractivity contribution in [1.29, 1.82) is 0 Å². The second-order valence-electron chi connectivity index (χ2n) is 3.52. The van der Waals surface area contributed by atoms with E-state index in [4.69, 9.17) is 10.5 Å². The Bertz CT molecular complexity index is 270. The molecule has 0 fully saturated rings. The molecule has 0 amide bonds. The van der Waals surface area contributed by atoms with Crippen molar-refractivity contribution >= 4 is 11.3 Å². The Morgan fingerprint density at radius 3 is 2.85 bits per heavy atom. The van der Waals surface area contributed by atoms with Gasteiger partial charge in [-0.15, -0.1) is 0 Å². The van der Waals surface area contributed by atoms with E-state index in [1.54, 1.807) is 0 Å². The van der Waals surface area contributed by atoms with Crippen LogP contribution in [0.2, 0.25) is 0 Å². The molecule has 4 heteroatoms. The fourth-order valence-electron chi connectivity index (χ4n) is 0.862. The predicted octanol–water partition coefficient (Wildman–Crippen LogP) is 1.78. The van der Waals surface area contributed by atoms with Gasteiger partial charge in [-0.3, -0.25) is 0 Å².